The van der Waals surface area contributed by atoms with Crippen LogP contribution in [0.2, 0.25) is 0 Å². The van der Waals surface area contributed by atoms with Crippen molar-refractivity contribution in [3.63, 3.8) is 0 Å². The summed E-state index contributed by atoms with van der Waals surface area (Å²) >= 11 is 0. The van der Waals surface area contributed by atoms with E-state index in [0.29, 0.717) is 12.1 Å². The van der Waals surface area contributed by atoms with Gasteiger partial charge in [-0.2, -0.15) is 0 Å². The fraction of sp³-hybridized carbons (Fsp3) is 0.895. The summed E-state index contributed by atoms with van der Waals surface area (Å²) in [4.78, 5) is 27.7. The van der Waals surface area contributed by atoms with E-state index in [1.54, 1.807) is 0 Å². The van der Waals surface area contributed by atoms with Gasteiger partial charge in [0, 0.05) is 37.1 Å². The lowest BCUT2D eigenvalue weighted by molar-refractivity contribution is -0.155. The van der Waals surface area contributed by atoms with Gasteiger partial charge in [0.2, 0.25) is 11.8 Å². The lowest BCUT2D eigenvalue weighted by atomic mass is 9.78. The molecule has 4 atom stereocenters. The van der Waals surface area contributed by atoms with Crippen LogP contribution >= 0.6 is 0 Å². The second-order valence-corrected chi connectivity index (χ2v) is 8.23. The van der Waals surface area contributed by atoms with Gasteiger partial charge in [0.05, 0.1) is 0 Å². The highest BCUT2D eigenvalue weighted by Crippen LogP contribution is 2.37. The number of piperazine rings is 1. The lowest BCUT2D eigenvalue weighted by Gasteiger charge is -2.51. The summed E-state index contributed by atoms with van der Waals surface area (Å²) in [5.74, 6) is 0.539. The van der Waals surface area contributed by atoms with Crippen LogP contribution in [0.15, 0.2) is 0 Å². The molecular weight excluding hydrogens is 316 g/mol. The first-order chi connectivity index (χ1) is 12.2. The topological polar surface area (TPSA) is 64.7 Å². The normalized spacial score (nSPS) is 36.8. The van der Waals surface area contributed by atoms with Gasteiger partial charge in [0.25, 0.3) is 0 Å². The SMILES string of the molecule is CCN1C(=O)C2CCNN2C2CCC(C(=O)NC3CCCCC3)CC21. The molecule has 0 aromatic rings. The molecule has 2 heterocycles. The Kier molecular flexibility index (Phi) is 5.00. The van der Waals surface area contributed by atoms with Crippen molar-refractivity contribution in [2.24, 2.45) is 5.92 Å². The predicted molar refractivity (Wildman–Crippen MR) is 95.6 cm³/mol. The standard InChI is InChI=1S/C19H32N4O2/c1-2-22-17-12-13(18(24)21-14-6-4-3-5-7-14)8-9-15(17)23-16(19(22)25)10-11-20-23/h13-17,20H,2-12H2,1H3,(H,21,24). The average Bonchev–Trinajstić information content (AvgIpc) is 3.13. The van der Waals surface area contributed by atoms with Crippen molar-refractivity contribution in [1.29, 1.82) is 0 Å². The van der Waals surface area contributed by atoms with E-state index < -0.39 is 0 Å². The number of fused-ring (bicyclic) bond motifs is 3. The van der Waals surface area contributed by atoms with Crippen LogP contribution < -0.4 is 10.7 Å². The van der Waals surface area contributed by atoms with E-state index in [0.717, 1.165) is 51.6 Å². The number of nitrogens with zero attached hydrogens (tertiary/aromatic N) is 2. The minimum Gasteiger partial charge on any atom is -0.353 e. The molecule has 4 unspecified atom stereocenters. The summed E-state index contributed by atoms with van der Waals surface area (Å²) in [7, 11) is 0. The van der Waals surface area contributed by atoms with Crippen LogP contribution in [-0.2, 0) is 9.59 Å². The lowest BCUT2D eigenvalue weighted by Crippen LogP contribution is -2.68. The minimum absolute atomic E-state index is 0.00816. The molecule has 0 radical (unpaired) electrons. The second-order valence-electron chi connectivity index (χ2n) is 8.23. The van der Waals surface area contributed by atoms with E-state index in [4.69, 9.17) is 0 Å². The summed E-state index contributed by atoms with van der Waals surface area (Å²) in [6.45, 7) is 3.71. The van der Waals surface area contributed by atoms with Crippen molar-refractivity contribution < 1.29 is 9.59 Å². The number of hydrogen-bond donors (Lipinski definition) is 2. The zero-order valence-corrected chi connectivity index (χ0v) is 15.4. The van der Waals surface area contributed by atoms with E-state index in [9.17, 15) is 9.59 Å². The monoisotopic (exact) mass is 348 g/mol. The smallest absolute Gasteiger partial charge is 0.241 e. The Morgan fingerprint density at radius 1 is 1.12 bits per heavy atom. The third-order valence-electron chi connectivity index (χ3n) is 6.82. The molecule has 6 nitrogen and oxygen atoms in total. The molecule has 0 spiro atoms. The summed E-state index contributed by atoms with van der Waals surface area (Å²) in [5.41, 5.74) is 3.43. The van der Waals surface area contributed by atoms with Gasteiger partial charge in [-0.15, -0.1) is 0 Å². The van der Waals surface area contributed by atoms with Crippen LogP contribution in [0, 0.1) is 5.92 Å². The molecule has 4 aliphatic rings. The third kappa shape index (κ3) is 3.19. The number of carbonyl (C=O) groups is 2. The maximum Gasteiger partial charge on any atom is 0.241 e. The number of carbonyl (C=O) groups excluding carboxylic acids is 2. The maximum atomic E-state index is 12.8. The Hall–Kier alpha value is -1.14. The molecule has 2 amide bonds. The van der Waals surface area contributed by atoms with Crippen molar-refractivity contribution in [3.05, 3.63) is 0 Å². The van der Waals surface area contributed by atoms with Crippen LogP contribution in [0.25, 0.3) is 0 Å². The number of hydrogen-bond acceptors (Lipinski definition) is 4. The van der Waals surface area contributed by atoms with Gasteiger partial charge in [-0.25, -0.2) is 5.01 Å². The zero-order chi connectivity index (χ0) is 17.4. The largest absolute Gasteiger partial charge is 0.353 e. The molecule has 6 heteroatoms. The number of likely N-dealkylation sites (N-methyl/N-ethyl adjacent to an activating group) is 1. The molecule has 25 heavy (non-hydrogen) atoms. The molecule has 2 saturated heterocycles. The van der Waals surface area contributed by atoms with Crippen LogP contribution in [0.5, 0.6) is 0 Å². The van der Waals surface area contributed by atoms with Gasteiger partial charge in [0.15, 0.2) is 0 Å². The molecule has 2 aliphatic heterocycles. The number of hydrazine groups is 1. The van der Waals surface area contributed by atoms with Crippen molar-refractivity contribution in [2.45, 2.75) is 88.9 Å². The maximum absolute atomic E-state index is 12.8. The van der Waals surface area contributed by atoms with Crippen molar-refractivity contribution in [3.8, 4) is 0 Å². The Morgan fingerprint density at radius 2 is 1.92 bits per heavy atom. The van der Waals surface area contributed by atoms with Gasteiger partial charge < -0.3 is 10.2 Å². The van der Waals surface area contributed by atoms with Crippen LogP contribution in [-0.4, -0.2) is 59.0 Å². The molecule has 2 aliphatic carbocycles. The molecule has 0 bridgehead atoms. The van der Waals surface area contributed by atoms with Crippen LogP contribution in [0.4, 0.5) is 0 Å². The summed E-state index contributed by atoms with van der Waals surface area (Å²) in [5, 5.41) is 5.52. The Bertz CT molecular complexity index is 520. The highest BCUT2D eigenvalue weighted by Gasteiger charge is 2.51. The van der Waals surface area contributed by atoms with E-state index in [-0.39, 0.29) is 29.8 Å². The molecule has 140 valence electrons. The first-order valence-electron chi connectivity index (χ1n) is 10.3. The van der Waals surface area contributed by atoms with E-state index in [2.05, 4.69) is 27.6 Å². The number of nitrogens with one attached hydrogen (secondary N) is 2. The zero-order valence-electron chi connectivity index (χ0n) is 15.4. The fourth-order valence-electron chi connectivity index (χ4n) is 5.51. The van der Waals surface area contributed by atoms with Gasteiger partial charge in [-0.3, -0.25) is 15.0 Å². The molecule has 0 aromatic heterocycles. The van der Waals surface area contributed by atoms with Crippen molar-refractivity contribution >= 4 is 11.8 Å². The summed E-state index contributed by atoms with van der Waals surface area (Å²) < 4.78 is 0. The first-order valence-corrected chi connectivity index (χ1v) is 10.3. The van der Waals surface area contributed by atoms with Crippen molar-refractivity contribution in [1.82, 2.24) is 20.7 Å². The molecule has 2 N–H and O–H groups in total. The van der Waals surface area contributed by atoms with Gasteiger partial charge in [-0.1, -0.05) is 19.3 Å². The average molecular weight is 348 g/mol. The molecular formula is C19H32N4O2. The van der Waals surface area contributed by atoms with Gasteiger partial charge in [-0.05, 0) is 45.4 Å². The van der Waals surface area contributed by atoms with E-state index >= 15 is 0 Å². The number of rotatable bonds is 3. The Balaban J connectivity index is 1.43. The highest BCUT2D eigenvalue weighted by molar-refractivity contribution is 5.84. The van der Waals surface area contributed by atoms with Crippen LogP contribution in [0.1, 0.15) is 64.7 Å². The summed E-state index contributed by atoms with van der Waals surface area (Å²) in [6, 6.07) is 0.923. The predicted octanol–water partition coefficient (Wildman–Crippen LogP) is 1.41. The Labute approximate surface area is 150 Å². The molecule has 4 rings (SSSR count). The van der Waals surface area contributed by atoms with Gasteiger partial charge >= 0.3 is 0 Å². The quantitative estimate of drug-likeness (QED) is 0.809. The molecule has 4 fully saturated rings. The second kappa shape index (κ2) is 7.23. The minimum atomic E-state index is 0.00816. The summed E-state index contributed by atoms with van der Waals surface area (Å²) in [6.07, 6.45) is 9.69. The van der Waals surface area contributed by atoms with Crippen molar-refractivity contribution in [2.75, 3.05) is 13.1 Å². The molecule has 0 aromatic carbocycles. The van der Waals surface area contributed by atoms with E-state index in [1.807, 2.05) is 0 Å². The fourth-order valence-corrected chi connectivity index (χ4v) is 5.51. The van der Waals surface area contributed by atoms with Gasteiger partial charge in [0.1, 0.15) is 6.04 Å². The Morgan fingerprint density at radius 3 is 2.68 bits per heavy atom. The third-order valence-corrected chi connectivity index (χ3v) is 6.82. The van der Waals surface area contributed by atoms with Crippen LogP contribution in [0.3, 0.4) is 0 Å². The molecule has 2 saturated carbocycles. The highest BCUT2D eigenvalue weighted by atomic mass is 16.2. The van der Waals surface area contributed by atoms with E-state index in [1.165, 1.54) is 19.3 Å². The number of amides is 2. The first kappa shape index (κ1) is 17.3.